The van der Waals surface area contributed by atoms with Crippen LogP contribution in [0.15, 0.2) is 42.6 Å². The van der Waals surface area contributed by atoms with E-state index in [1.54, 1.807) is 12.1 Å². The van der Waals surface area contributed by atoms with Crippen molar-refractivity contribution in [2.45, 2.75) is 19.5 Å². The minimum atomic E-state index is -0.995. The molecule has 20 heavy (non-hydrogen) atoms. The van der Waals surface area contributed by atoms with Gasteiger partial charge >= 0.3 is 5.97 Å². The highest BCUT2D eigenvalue weighted by Crippen LogP contribution is 2.14. The van der Waals surface area contributed by atoms with Crippen LogP contribution < -0.4 is 5.32 Å². The molecule has 2 aromatic rings. The number of benzene rings is 1. The van der Waals surface area contributed by atoms with Crippen molar-refractivity contribution in [1.82, 2.24) is 10.3 Å². The zero-order chi connectivity index (χ0) is 14.5. The van der Waals surface area contributed by atoms with Crippen LogP contribution in [-0.4, -0.2) is 16.1 Å². The molecule has 0 unspecified atom stereocenters. The molecule has 0 saturated heterocycles. The summed E-state index contributed by atoms with van der Waals surface area (Å²) in [5.41, 5.74) is 1.75. The molecule has 0 saturated carbocycles. The number of halogens is 1. The maximum absolute atomic E-state index is 13.1. The number of carbonyl (C=O) groups is 1. The van der Waals surface area contributed by atoms with E-state index < -0.39 is 5.97 Å². The van der Waals surface area contributed by atoms with Crippen LogP contribution in [0.3, 0.4) is 0 Å². The minimum absolute atomic E-state index is 0.0216. The van der Waals surface area contributed by atoms with Gasteiger partial charge in [0.2, 0.25) is 0 Å². The number of hydrogen-bond acceptors (Lipinski definition) is 3. The summed E-state index contributed by atoms with van der Waals surface area (Å²) in [6.07, 6.45) is 1.33. The third kappa shape index (κ3) is 3.61. The number of carboxylic acids is 1. The summed E-state index contributed by atoms with van der Waals surface area (Å²) >= 11 is 0. The van der Waals surface area contributed by atoms with Gasteiger partial charge in [-0.2, -0.15) is 0 Å². The molecule has 4 nitrogen and oxygen atoms in total. The second kappa shape index (κ2) is 6.25. The number of aromatic nitrogens is 1. The Morgan fingerprint density at radius 2 is 2.20 bits per heavy atom. The lowest BCUT2D eigenvalue weighted by Gasteiger charge is -2.14. The van der Waals surface area contributed by atoms with E-state index in [2.05, 4.69) is 10.3 Å². The van der Waals surface area contributed by atoms with Crippen molar-refractivity contribution in [1.29, 1.82) is 0 Å². The molecule has 104 valence electrons. The molecule has 0 radical (unpaired) electrons. The molecule has 5 heteroatoms. The van der Waals surface area contributed by atoms with Crippen molar-refractivity contribution in [2.75, 3.05) is 0 Å². The van der Waals surface area contributed by atoms with Gasteiger partial charge in [0, 0.05) is 18.8 Å². The first-order valence-corrected chi connectivity index (χ1v) is 6.23. The fraction of sp³-hybridized carbons (Fsp3) is 0.200. The molecule has 0 amide bonds. The molecule has 0 aliphatic carbocycles. The van der Waals surface area contributed by atoms with Gasteiger partial charge in [0.05, 0.1) is 11.3 Å². The van der Waals surface area contributed by atoms with E-state index in [0.717, 1.165) is 11.3 Å². The molecule has 0 bridgehead atoms. The summed E-state index contributed by atoms with van der Waals surface area (Å²) in [5, 5.41) is 12.0. The molecule has 0 aliphatic heterocycles. The number of pyridine rings is 1. The van der Waals surface area contributed by atoms with Crippen molar-refractivity contribution in [3.63, 3.8) is 0 Å². The average Bonchev–Trinajstić information content (AvgIpc) is 2.45. The number of hydrogen-bond donors (Lipinski definition) is 2. The fourth-order valence-corrected chi connectivity index (χ4v) is 1.81. The molecule has 2 rings (SSSR count). The topological polar surface area (TPSA) is 62.2 Å². The van der Waals surface area contributed by atoms with Crippen LogP contribution in [0, 0.1) is 5.82 Å². The quantitative estimate of drug-likeness (QED) is 0.880. The monoisotopic (exact) mass is 274 g/mol. The number of nitrogens with one attached hydrogen (secondary N) is 1. The van der Waals surface area contributed by atoms with Crippen LogP contribution >= 0.6 is 0 Å². The highest BCUT2D eigenvalue weighted by atomic mass is 19.1. The summed E-state index contributed by atoms with van der Waals surface area (Å²) in [4.78, 5) is 14.8. The Morgan fingerprint density at radius 1 is 1.40 bits per heavy atom. The van der Waals surface area contributed by atoms with Crippen LogP contribution in [0.25, 0.3) is 0 Å². The number of aromatic carboxylic acids is 1. The van der Waals surface area contributed by atoms with Crippen LogP contribution in [0.4, 0.5) is 4.39 Å². The number of rotatable bonds is 5. The smallest absolute Gasteiger partial charge is 0.337 e. The Morgan fingerprint density at radius 3 is 2.80 bits per heavy atom. The summed E-state index contributed by atoms with van der Waals surface area (Å²) in [5.74, 6) is -1.26. The fourth-order valence-electron chi connectivity index (χ4n) is 1.81. The highest BCUT2D eigenvalue weighted by molar-refractivity contribution is 5.87. The van der Waals surface area contributed by atoms with E-state index in [4.69, 9.17) is 5.11 Å². The first-order chi connectivity index (χ1) is 9.56. The Hall–Kier alpha value is -2.27. The van der Waals surface area contributed by atoms with E-state index >= 15 is 0 Å². The van der Waals surface area contributed by atoms with Crippen LogP contribution in [-0.2, 0) is 6.54 Å². The van der Waals surface area contributed by atoms with Crippen LogP contribution in [0.1, 0.15) is 34.6 Å². The van der Waals surface area contributed by atoms with E-state index in [0.29, 0.717) is 6.54 Å². The summed E-state index contributed by atoms with van der Waals surface area (Å²) in [7, 11) is 0. The lowest BCUT2D eigenvalue weighted by Crippen LogP contribution is -2.19. The van der Waals surface area contributed by atoms with Gasteiger partial charge in [-0.1, -0.05) is 12.1 Å². The van der Waals surface area contributed by atoms with E-state index in [1.165, 1.54) is 24.4 Å². The molecule has 1 aromatic heterocycles. The molecular weight excluding hydrogens is 259 g/mol. The molecular formula is C15H15FN2O2. The van der Waals surface area contributed by atoms with Gasteiger partial charge in [-0.15, -0.1) is 0 Å². The van der Waals surface area contributed by atoms with Crippen molar-refractivity contribution in [2.24, 2.45) is 0 Å². The average molecular weight is 274 g/mol. The molecule has 1 heterocycles. The second-order valence-corrected chi connectivity index (χ2v) is 4.50. The second-order valence-electron chi connectivity index (χ2n) is 4.50. The SMILES string of the molecule is C[C@@H](NCc1ccc(C(=O)O)cn1)c1cccc(F)c1. The summed E-state index contributed by atoms with van der Waals surface area (Å²) in [6, 6.07) is 9.56. The third-order valence-corrected chi connectivity index (χ3v) is 3.01. The normalized spacial score (nSPS) is 12.1. The summed E-state index contributed by atoms with van der Waals surface area (Å²) < 4.78 is 13.1. The van der Waals surface area contributed by atoms with Crippen LogP contribution in [0.2, 0.25) is 0 Å². The number of nitrogens with zero attached hydrogens (tertiary/aromatic N) is 1. The maximum Gasteiger partial charge on any atom is 0.337 e. The van der Waals surface area contributed by atoms with Crippen molar-refractivity contribution in [3.05, 3.63) is 65.2 Å². The van der Waals surface area contributed by atoms with Gasteiger partial charge in [-0.3, -0.25) is 4.98 Å². The Kier molecular flexibility index (Phi) is 4.42. The third-order valence-electron chi connectivity index (χ3n) is 3.01. The maximum atomic E-state index is 13.1. The highest BCUT2D eigenvalue weighted by Gasteiger charge is 2.07. The lowest BCUT2D eigenvalue weighted by molar-refractivity contribution is 0.0696. The van der Waals surface area contributed by atoms with Gasteiger partial charge in [-0.25, -0.2) is 9.18 Å². The predicted octanol–water partition coefficient (Wildman–Crippen LogP) is 2.77. The Labute approximate surface area is 116 Å². The van der Waals surface area contributed by atoms with Gasteiger partial charge in [0.25, 0.3) is 0 Å². The molecule has 0 aliphatic rings. The van der Waals surface area contributed by atoms with E-state index in [-0.39, 0.29) is 17.4 Å². The lowest BCUT2D eigenvalue weighted by atomic mass is 10.1. The molecule has 2 N–H and O–H groups in total. The van der Waals surface area contributed by atoms with Crippen LogP contribution in [0.5, 0.6) is 0 Å². The molecule has 0 spiro atoms. The minimum Gasteiger partial charge on any atom is -0.478 e. The van der Waals surface area contributed by atoms with Crippen molar-refractivity contribution < 1.29 is 14.3 Å². The standard InChI is InChI=1S/C15H15FN2O2/c1-10(11-3-2-4-13(16)7-11)17-9-14-6-5-12(8-18-14)15(19)20/h2-8,10,17H,9H2,1H3,(H,19,20)/t10-/m1/s1. The van der Waals surface area contributed by atoms with E-state index in [9.17, 15) is 9.18 Å². The largest absolute Gasteiger partial charge is 0.478 e. The van der Waals surface area contributed by atoms with Gasteiger partial charge in [0.1, 0.15) is 5.82 Å². The summed E-state index contributed by atoms with van der Waals surface area (Å²) in [6.45, 7) is 2.41. The Bertz CT molecular complexity index is 599. The zero-order valence-corrected chi connectivity index (χ0v) is 11.0. The first-order valence-electron chi connectivity index (χ1n) is 6.23. The molecule has 1 atom stereocenters. The van der Waals surface area contributed by atoms with Gasteiger partial charge in [-0.05, 0) is 36.8 Å². The first kappa shape index (κ1) is 14.1. The van der Waals surface area contributed by atoms with Gasteiger partial charge < -0.3 is 10.4 Å². The molecule has 1 aromatic carbocycles. The number of carboxylic acid groups (broad SMARTS) is 1. The van der Waals surface area contributed by atoms with E-state index in [1.807, 2.05) is 13.0 Å². The predicted molar refractivity (Wildman–Crippen MR) is 72.9 cm³/mol. The van der Waals surface area contributed by atoms with Crippen molar-refractivity contribution >= 4 is 5.97 Å². The van der Waals surface area contributed by atoms with Gasteiger partial charge in [0.15, 0.2) is 0 Å². The van der Waals surface area contributed by atoms with Crippen molar-refractivity contribution in [3.8, 4) is 0 Å². The Balaban J connectivity index is 1.96. The zero-order valence-electron chi connectivity index (χ0n) is 11.0. The molecule has 0 fully saturated rings.